The summed E-state index contributed by atoms with van der Waals surface area (Å²) in [7, 11) is 0. The molecule has 3 aromatic rings. The number of allylic oxidation sites excluding steroid dienone is 1. The van der Waals surface area contributed by atoms with E-state index in [4.69, 9.17) is 0 Å². The number of aromatic amines is 1. The summed E-state index contributed by atoms with van der Waals surface area (Å²) in [6.07, 6.45) is 5.84. The second-order valence-corrected chi connectivity index (χ2v) is 4.67. The van der Waals surface area contributed by atoms with Gasteiger partial charge in [0.25, 0.3) is 0 Å². The fourth-order valence-electron chi connectivity index (χ4n) is 2.25. The zero-order valence-corrected chi connectivity index (χ0v) is 11.4. The summed E-state index contributed by atoms with van der Waals surface area (Å²) in [5, 5.41) is 4.47. The van der Waals surface area contributed by atoms with E-state index in [1.54, 1.807) is 12.3 Å². The number of pyridine rings is 1. The number of nitrogens with one attached hydrogen (secondary N) is 2. The van der Waals surface area contributed by atoms with Crippen LogP contribution in [0.3, 0.4) is 0 Å². The van der Waals surface area contributed by atoms with Gasteiger partial charge < -0.3 is 10.3 Å². The standard InChI is InChI=1S/C17H15N3O/c21-10-4-7-13-5-1-2-8-16(13)19-12-15-11-14-6-3-9-18-17(14)20-15/h1-11,19H,12H2,(H,18,20)/b7-4+. The third kappa shape index (κ3) is 3.00. The third-order valence-corrected chi connectivity index (χ3v) is 3.23. The fraction of sp³-hybridized carbons (Fsp3) is 0.0588. The number of carbonyl (C=O) groups excluding carboxylic acids is 1. The Balaban J connectivity index is 1.78. The van der Waals surface area contributed by atoms with Gasteiger partial charge in [0.05, 0.1) is 6.54 Å². The van der Waals surface area contributed by atoms with Crippen molar-refractivity contribution in [1.29, 1.82) is 0 Å². The molecular formula is C17H15N3O. The molecule has 0 bridgehead atoms. The zero-order valence-electron chi connectivity index (χ0n) is 11.4. The Hall–Kier alpha value is -2.88. The van der Waals surface area contributed by atoms with Gasteiger partial charge in [-0.2, -0.15) is 0 Å². The highest BCUT2D eigenvalue weighted by Gasteiger charge is 2.02. The summed E-state index contributed by atoms with van der Waals surface area (Å²) in [6, 6.07) is 13.9. The Morgan fingerprint density at radius 2 is 2.10 bits per heavy atom. The minimum absolute atomic E-state index is 0.669. The van der Waals surface area contributed by atoms with Crippen molar-refractivity contribution in [1.82, 2.24) is 9.97 Å². The number of rotatable bonds is 5. The molecule has 1 aromatic carbocycles. The molecule has 0 aliphatic carbocycles. The van der Waals surface area contributed by atoms with Gasteiger partial charge in [0, 0.05) is 23.0 Å². The van der Waals surface area contributed by atoms with Crippen molar-refractivity contribution in [3.05, 3.63) is 66.0 Å². The van der Waals surface area contributed by atoms with Gasteiger partial charge in [0.1, 0.15) is 11.9 Å². The number of hydrogen-bond acceptors (Lipinski definition) is 3. The minimum atomic E-state index is 0.669. The van der Waals surface area contributed by atoms with Crippen LogP contribution in [0.15, 0.2) is 54.7 Å². The van der Waals surface area contributed by atoms with E-state index in [-0.39, 0.29) is 0 Å². The van der Waals surface area contributed by atoms with E-state index in [1.165, 1.54) is 6.08 Å². The number of aldehydes is 1. The third-order valence-electron chi connectivity index (χ3n) is 3.23. The smallest absolute Gasteiger partial charge is 0.142 e. The fourth-order valence-corrected chi connectivity index (χ4v) is 2.25. The molecule has 2 heterocycles. The number of anilines is 1. The maximum absolute atomic E-state index is 10.4. The molecule has 0 radical (unpaired) electrons. The van der Waals surface area contributed by atoms with E-state index in [0.29, 0.717) is 6.54 Å². The summed E-state index contributed by atoms with van der Waals surface area (Å²) >= 11 is 0. The summed E-state index contributed by atoms with van der Waals surface area (Å²) in [5.74, 6) is 0. The molecule has 0 atom stereocenters. The Bertz CT molecular complexity index is 756. The maximum atomic E-state index is 10.4. The minimum Gasteiger partial charge on any atom is -0.379 e. The lowest BCUT2D eigenvalue weighted by Crippen LogP contribution is -2.01. The van der Waals surface area contributed by atoms with Crippen LogP contribution >= 0.6 is 0 Å². The molecule has 0 saturated carbocycles. The summed E-state index contributed by atoms with van der Waals surface area (Å²) in [5.41, 5.74) is 3.93. The molecule has 0 unspecified atom stereocenters. The largest absolute Gasteiger partial charge is 0.379 e. The number of aromatic nitrogens is 2. The first kappa shape index (κ1) is 13.1. The molecule has 21 heavy (non-hydrogen) atoms. The SMILES string of the molecule is O=C/C=C/c1ccccc1NCc1cc2cccnc2[nH]1. The van der Waals surface area contributed by atoms with E-state index >= 15 is 0 Å². The van der Waals surface area contributed by atoms with Crippen LogP contribution in [0.4, 0.5) is 5.69 Å². The molecule has 2 N–H and O–H groups in total. The van der Waals surface area contributed by atoms with Crippen molar-refractivity contribution in [3.63, 3.8) is 0 Å². The lowest BCUT2D eigenvalue weighted by molar-refractivity contribution is -0.104. The molecule has 2 aromatic heterocycles. The second kappa shape index (κ2) is 6.05. The number of nitrogens with zero attached hydrogens (tertiary/aromatic N) is 1. The van der Waals surface area contributed by atoms with Crippen LogP contribution in [-0.4, -0.2) is 16.3 Å². The van der Waals surface area contributed by atoms with E-state index in [1.807, 2.05) is 36.4 Å². The number of para-hydroxylation sites is 1. The molecule has 3 rings (SSSR count). The van der Waals surface area contributed by atoms with Gasteiger partial charge in [-0.15, -0.1) is 0 Å². The van der Waals surface area contributed by atoms with Crippen LogP contribution in [0.25, 0.3) is 17.1 Å². The molecule has 104 valence electrons. The van der Waals surface area contributed by atoms with Crippen molar-refractivity contribution in [3.8, 4) is 0 Å². The van der Waals surface area contributed by atoms with Gasteiger partial charge in [0.15, 0.2) is 0 Å². The van der Waals surface area contributed by atoms with Crippen molar-refractivity contribution in [2.45, 2.75) is 6.54 Å². The molecule has 0 aliphatic heterocycles. The van der Waals surface area contributed by atoms with Crippen LogP contribution in [0.1, 0.15) is 11.3 Å². The highest BCUT2D eigenvalue weighted by Crippen LogP contribution is 2.18. The molecule has 0 aliphatic rings. The monoisotopic (exact) mass is 277 g/mol. The first-order chi connectivity index (χ1) is 10.4. The molecular weight excluding hydrogens is 262 g/mol. The second-order valence-electron chi connectivity index (χ2n) is 4.67. The quantitative estimate of drug-likeness (QED) is 0.555. The van der Waals surface area contributed by atoms with Crippen molar-refractivity contribution in [2.75, 3.05) is 5.32 Å². The Labute approximate surface area is 122 Å². The van der Waals surface area contributed by atoms with Gasteiger partial charge in [-0.25, -0.2) is 4.98 Å². The maximum Gasteiger partial charge on any atom is 0.142 e. The summed E-state index contributed by atoms with van der Waals surface area (Å²) < 4.78 is 0. The topological polar surface area (TPSA) is 57.8 Å². The number of H-pyrrole nitrogens is 1. The van der Waals surface area contributed by atoms with Crippen LogP contribution in [0.5, 0.6) is 0 Å². The summed E-state index contributed by atoms with van der Waals surface area (Å²) in [4.78, 5) is 18.0. The first-order valence-electron chi connectivity index (χ1n) is 6.74. The average molecular weight is 277 g/mol. The predicted molar refractivity (Wildman–Crippen MR) is 85.0 cm³/mol. The van der Waals surface area contributed by atoms with Gasteiger partial charge in [0.2, 0.25) is 0 Å². The average Bonchev–Trinajstić information content (AvgIpc) is 2.94. The lowest BCUT2D eigenvalue weighted by Gasteiger charge is -2.08. The molecule has 0 amide bonds. The normalized spacial score (nSPS) is 11.0. The van der Waals surface area contributed by atoms with E-state index in [0.717, 1.165) is 34.3 Å². The number of benzene rings is 1. The Morgan fingerprint density at radius 1 is 1.19 bits per heavy atom. The van der Waals surface area contributed by atoms with Crippen LogP contribution in [0.2, 0.25) is 0 Å². The number of fused-ring (bicyclic) bond motifs is 1. The van der Waals surface area contributed by atoms with Crippen molar-refractivity contribution < 1.29 is 4.79 Å². The Kier molecular flexibility index (Phi) is 3.78. The first-order valence-corrected chi connectivity index (χ1v) is 6.74. The molecule has 0 saturated heterocycles. The summed E-state index contributed by atoms with van der Waals surface area (Å²) in [6.45, 7) is 0.669. The molecule has 4 nitrogen and oxygen atoms in total. The van der Waals surface area contributed by atoms with Gasteiger partial charge in [-0.05, 0) is 42.0 Å². The van der Waals surface area contributed by atoms with Crippen molar-refractivity contribution >= 4 is 29.1 Å². The van der Waals surface area contributed by atoms with Crippen LogP contribution in [-0.2, 0) is 11.3 Å². The predicted octanol–water partition coefficient (Wildman–Crippen LogP) is 3.39. The number of carbonyl (C=O) groups is 1. The lowest BCUT2D eigenvalue weighted by atomic mass is 10.1. The molecule has 0 spiro atoms. The van der Waals surface area contributed by atoms with Gasteiger partial charge >= 0.3 is 0 Å². The van der Waals surface area contributed by atoms with E-state index in [2.05, 4.69) is 21.4 Å². The van der Waals surface area contributed by atoms with Crippen molar-refractivity contribution in [2.24, 2.45) is 0 Å². The van der Waals surface area contributed by atoms with Crippen LogP contribution < -0.4 is 5.32 Å². The van der Waals surface area contributed by atoms with E-state index in [9.17, 15) is 4.79 Å². The van der Waals surface area contributed by atoms with E-state index < -0.39 is 0 Å². The van der Waals surface area contributed by atoms with Crippen LogP contribution in [0, 0.1) is 0 Å². The molecule has 0 fully saturated rings. The van der Waals surface area contributed by atoms with Gasteiger partial charge in [-0.1, -0.05) is 18.2 Å². The molecule has 4 heteroatoms. The highest BCUT2D eigenvalue weighted by atomic mass is 16.1. The Morgan fingerprint density at radius 3 is 2.95 bits per heavy atom. The van der Waals surface area contributed by atoms with Gasteiger partial charge in [-0.3, -0.25) is 4.79 Å². The highest BCUT2D eigenvalue weighted by molar-refractivity contribution is 5.78. The zero-order chi connectivity index (χ0) is 14.5. The number of hydrogen-bond donors (Lipinski definition) is 2.